The SMILES string of the molecule is Cc1cccc(CC(NN)C2CCC(C)C(C)C2)c1. The van der Waals surface area contributed by atoms with E-state index in [0.717, 1.165) is 24.2 Å². The van der Waals surface area contributed by atoms with Crippen LogP contribution in [0.2, 0.25) is 0 Å². The molecule has 0 aliphatic heterocycles. The molecule has 106 valence electrons. The molecule has 1 saturated carbocycles. The van der Waals surface area contributed by atoms with E-state index in [9.17, 15) is 0 Å². The van der Waals surface area contributed by atoms with Gasteiger partial charge in [-0.25, -0.2) is 0 Å². The Morgan fingerprint density at radius 2 is 2.05 bits per heavy atom. The molecule has 4 atom stereocenters. The first kappa shape index (κ1) is 14.5. The van der Waals surface area contributed by atoms with Crippen LogP contribution in [0.25, 0.3) is 0 Å². The smallest absolute Gasteiger partial charge is 0.0279 e. The molecule has 19 heavy (non-hydrogen) atoms. The summed E-state index contributed by atoms with van der Waals surface area (Å²) < 4.78 is 0. The van der Waals surface area contributed by atoms with Crippen LogP contribution in [0.15, 0.2) is 24.3 Å². The molecule has 1 aliphatic rings. The standard InChI is InChI=1S/C17H28N2/c1-12-5-4-6-15(9-12)11-17(19-18)16-8-7-13(2)14(3)10-16/h4-6,9,13-14,16-17,19H,7-8,10-11,18H2,1-3H3. The third-order valence-electron chi connectivity index (χ3n) is 4.96. The Hall–Kier alpha value is -0.860. The second kappa shape index (κ2) is 6.53. The molecule has 0 spiro atoms. The minimum Gasteiger partial charge on any atom is -0.271 e. The van der Waals surface area contributed by atoms with Crippen molar-refractivity contribution in [2.45, 2.75) is 52.5 Å². The topological polar surface area (TPSA) is 38.0 Å². The van der Waals surface area contributed by atoms with E-state index in [1.807, 2.05) is 0 Å². The third-order valence-corrected chi connectivity index (χ3v) is 4.96. The van der Waals surface area contributed by atoms with Gasteiger partial charge >= 0.3 is 0 Å². The van der Waals surface area contributed by atoms with Crippen molar-refractivity contribution in [3.05, 3.63) is 35.4 Å². The lowest BCUT2D eigenvalue weighted by Crippen LogP contribution is -2.44. The molecule has 0 heterocycles. The molecule has 1 fully saturated rings. The molecule has 4 unspecified atom stereocenters. The fourth-order valence-corrected chi connectivity index (χ4v) is 3.41. The molecule has 0 bridgehead atoms. The highest BCUT2D eigenvalue weighted by atomic mass is 15.2. The minimum absolute atomic E-state index is 0.414. The Kier molecular flexibility index (Phi) is 5.00. The molecule has 0 aromatic heterocycles. The van der Waals surface area contributed by atoms with Crippen LogP contribution in [-0.4, -0.2) is 6.04 Å². The number of aryl methyl sites for hydroxylation is 1. The Morgan fingerprint density at radius 3 is 2.68 bits per heavy atom. The first-order valence-electron chi connectivity index (χ1n) is 7.61. The highest BCUT2D eigenvalue weighted by Gasteiger charge is 2.29. The van der Waals surface area contributed by atoms with Crippen molar-refractivity contribution < 1.29 is 0 Å². The monoisotopic (exact) mass is 260 g/mol. The maximum atomic E-state index is 5.82. The summed E-state index contributed by atoms with van der Waals surface area (Å²) in [4.78, 5) is 0. The van der Waals surface area contributed by atoms with Gasteiger partial charge in [0.05, 0.1) is 0 Å². The first-order chi connectivity index (χ1) is 9.10. The molecular weight excluding hydrogens is 232 g/mol. The van der Waals surface area contributed by atoms with Crippen LogP contribution in [0.1, 0.15) is 44.2 Å². The molecule has 2 nitrogen and oxygen atoms in total. The van der Waals surface area contributed by atoms with Crippen LogP contribution in [-0.2, 0) is 6.42 Å². The quantitative estimate of drug-likeness (QED) is 0.643. The Bertz CT molecular complexity index is 402. The van der Waals surface area contributed by atoms with Gasteiger partial charge in [0, 0.05) is 6.04 Å². The number of hydrogen-bond acceptors (Lipinski definition) is 2. The van der Waals surface area contributed by atoms with Crippen molar-refractivity contribution in [1.29, 1.82) is 0 Å². The zero-order valence-corrected chi connectivity index (χ0v) is 12.5. The van der Waals surface area contributed by atoms with E-state index in [0.29, 0.717) is 6.04 Å². The molecule has 3 N–H and O–H groups in total. The number of nitrogens with one attached hydrogen (secondary N) is 1. The van der Waals surface area contributed by atoms with Crippen molar-refractivity contribution in [3.8, 4) is 0 Å². The lowest BCUT2D eigenvalue weighted by atomic mass is 9.72. The maximum absolute atomic E-state index is 5.82. The molecule has 2 heteroatoms. The summed E-state index contributed by atoms with van der Waals surface area (Å²) in [6, 6.07) is 9.20. The fraction of sp³-hybridized carbons (Fsp3) is 0.647. The summed E-state index contributed by atoms with van der Waals surface area (Å²) in [7, 11) is 0. The number of hydrazine groups is 1. The second-order valence-electron chi connectivity index (χ2n) is 6.49. The maximum Gasteiger partial charge on any atom is 0.0279 e. The largest absolute Gasteiger partial charge is 0.271 e. The number of hydrogen-bond donors (Lipinski definition) is 2. The van der Waals surface area contributed by atoms with Gasteiger partial charge in [-0.15, -0.1) is 0 Å². The molecule has 1 aromatic carbocycles. The van der Waals surface area contributed by atoms with Crippen LogP contribution in [0, 0.1) is 24.7 Å². The fourth-order valence-electron chi connectivity index (χ4n) is 3.41. The van der Waals surface area contributed by atoms with E-state index >= 15 is 0 Å². The van der Waals surface area contributed by atoms with Gasteiger partial charge in [0.2, 0.25) is 0 Å². The van der Waals surface area contributed by atoms with Crippen molar-refractivity contribution in [3.63, 3.8) is 0 Å². The zero-order valence-electron chi connectivity index (χ0n) is 12.5. The Balaban J connectivity index is 2.00. The number of rotatable bonds is 4. The van der Waals surface area contributed by atoms with Gasteiger partial charge in [-0.1, -0.05) is 50.1 Å². The molecule has 2 rings (SSSR count). The lowest BCUT2D eigenvalue weighted by molar-refractivity contribution is 0.170. The Morgan fingerprint density at radius 1 is 1.26 bits per heavy atom. The van der Waals surface area contributed by atoms with Gasteiger partial charge in [0.15, 0.2) is 0 Å². The summed E-state index contributed by atoms with van der Waals surface area (Å²) in [5.41, 5.74) is 5.80. The van der Waals surface area contributed by atoms with Crippen molar-refractivity contribution >= 4 is 0 Å². The second-order valence-corrected chi connectivity index (χ2v) is 6.49. The molecule has 0 radical (unpaired) electrons. The van der Waals surface area contributed by atoms with Gasteiger partial charge in [0.1, 0.15) is 0 Å². The van der Waals surface area contributed by atoms with Gasteiger partial charge in [0.25, 0.3) is 0 Å². The molecular formula is C17H28N2. The lowest BCUT2D eigenvalue weighted by Gasteiger charge is -2.36. The van der Waals surface area contributed by atoms with Crippen molar-refractivity contribution in [1.82, 2.24) is 5.43 Å². The predicted molar refractivity (Wildman–Crippen MR) is 81.7 cm³/mol. The summed E-state index contributed by atoms with van der Waals surface area (Å²) in [6.07, 6.45) is 5.01. The van der Waals surface area contributed by atoms with Crippen LogP contribution < -0.4 is 11.3 Å². The van der Waals surface area contributed by atoms with E-state index in [-0.39, 0.29) is 0 Å². The Labute approximate surface area is 117 Å². The predicted octanol–water partition coefficient (Wildman–Crippen LogP) is 3.44. The van der Waals surface area contributed by atoms with Gasteiger partial charge in [-0.3, -0.25) is 11.3 Å². The van der Waals surface area contributed by atoms with Gasteiger partial charge < -0.3 is 0 Å². The highest BCUT2D eigenvalue weighted by Crippen LogP contribution is 2.35. The molecule has 1 aromatic rings. The van der Waals surface area contributed by atoms with Crippen LogP contribution in [0.5, 0.6) is 0 Å². The normalized spacial score (nSPS) is 29.2. The van der Waals surface area contributed by atoms with Crippen LogP contribution in [0.4, 0.5) is 0 Å². The summed E-state index contributed by atoms with van der Waals surface area (Å²) in [6.45, 7) is 6.92. The summed E-state index contributed by atoms with van der Waals surface area (Å²) in [5, 5.41) is 0. The van der Waals surface area contributed by atoms with Crippen molar-refractivity contribution in [2.75, 3.05) is 0 Å². The zero-order chi connectivity index (χ0) is 13.8. The molecule has 0 amide bonds. The summed E-state index contributed by atoms with van der Waals surface area (Å²) >= 11 is 0. The molecule has 1 aliphatic carbocycles. The van der Waals surface area contributed by atoms with Crippen molar-refractivity contribution in [2.24, 2.45) is 23.6 Å². The van der Waals surface area contributed by atoms with E-state index in [1.54, 1.807) is 0 Å². The minimum atomic E-state index is 0.414. The first-order valence-corrected chi connectivity index (χ1v) is 7.61. The molecule has 0 saturated heterocycles. The van der Waals surface area contributed by atoms with E-state index in [2.05, 4.69) is 50.5 Å². The van der Waals surface area contributed by atoms with Gasteiger partial charge in [-0.2, -0.15) is 0 Å². The summed E-state index contributed by atoms with van der Waals surface area (Å²) in [5.74, 6) is 8.23. The van der Waals surface area contributed by atoms with E-state index < -0.39 is 0 Å². The average Bonchev–Trinajstić information content (AvgIpc) is 2.39. The average molecular weight is 260 g/mol. The van der Waals surface area contributed by atoms with E-state index in [4.69, 9.17) is 5.84 Å². The van der Waals surface area contributed by atoms with Crippen LogP contribution in [0.3, 0.4) is 0 Å². The number of benzene rings is 1. The highest BCUT2D eigenvalue weighted by molar-refractivity contribution is 5.23. The van der Waals surface area contributed by atoms with E-state index in [1.165, 1.54) is 30.4 Å². The number of nitrogens with two attached hydrogens (primary N) is 1. The third kappa shape index (κ3) is 3.80. The van der Waals surface area contributed by atoms with Gasteiger partial charge in [-0.05, 0) is 49.5 Å². The van der Waals surface area contributed by atoms with Crippen LogP contribution >= 0.6 is 0 Å².